The van der Waals surface area contributed by atoms with Crippen molar-refractivity contribution in [2.24, 2.45) is 0 Å². The lowest BCUT2D eigenvalue weighted by molar-refractivity contribution is 0.0499. The number of hydrogen-bond acceptors (Lipinski definition) is 7. The van der Waals surface area contributed by atoms with E-state index in [1.54, 1.807) is 19.5 Å². The fourth-order valence-corrected chi connectivity index (χ4v) is 3.71. The molecule has 1 aliphatic rings. The number of rotatable bonds is 7. The van der Waals surface area contributed by atoms with Gasteiger partial charge in [0.25, 0.3) is 0 Å². The summed E-state index contributed by atoms with van der Waals surface area (Å²) in [5, 5.41) is 9.53. The molecule has 27 heavy (non-hydrogen) atoms. The number of aliphatic hydroxyl groups excluding tert-OH is 1. The van der Waals surface area contributed by atoms with Gasteiger partial charge in [-0.05, 0) is 30.5 Å². The smallest absolute Gasteiger partial charge is 0.219 e. The molecule has 7 nitrogen and oxygen atoms in total. The van der Waals surface area contributed by atoms with Gasteiger partial charge >= 0.3 is 0 Å². The van der Waals surface area contributed by atoms with Gasteiger partial charge in [0.1, 0.15) is 5.75 Å². The maximum absolute atomic E-state index is 9.53. The van der Waals surface area contributed by atoms with Crippen LogP contribution >= 0.6 is 0 Å². The Bertz CT molecular complexity index is 738. The lowest BCUT2D eigenvalue weighted by Crippen LogP contribution is -2.52. The summed E-state index contributed by atoms with van der Waals surface area (Å²) in [6.07, 6.45) is 4.34. The number of nitrogen functional groups attached to an aromatic ring is 1. The fraction of sp³-hybridized carbons (Fsp3) is 0.500. The number of hydrogen-bond donors (Lipinski definition) is 2. The highest BCUT2D eigenvalue weighted by Crippen LogP contribution is 2.22. The number of anilines is 1. The third kappa shape index (κ3) is 5.15. The molecule has 1 atom stereocenters. The maximum atomic E-state index is 9.53. The standard InChI is InChI=1S/C20H29N5O2/c1-15-9-16(3-4-19(15)27-2)13-25-7-6-24(14-18(25)5-8-26)12-17-10-22-20(21)23-11-17/h3-4,9-11,18,26H,5-8,12-14H2,1-2H3,(H2,21,22,23)/t18-/m1/s1. The molecule has 1 aromatic heterocycles. The predicted molar refractivity (Wildman–Crippen MR) is 105 cm³/mol. The lowest BCUT2D eigenvalue weighted by atomic mass is 10.0. The number of methoxy groups -OCH3 is 1. The SMILES string of the molecule is COc1ccc(CN2CCN(Cc3cnc(N)nc3)C[C@H]2CCO)cc1C. The van der Waals surface area contributed by atoms with Crippen LogP contribution in [0.2, 0.25) is 0 Å². The van der Waals surface area contributed by atoms with Gasteiger partial charge in [0.05, 0.1) is 7.11 Å². The quantitative estimate of drug-likeness (QED) is 0.761. The maximum Gasteiger partial charge on any atom is 0.219 e. The average molecular weight is 371 g/mol. The third-order valence-corrected chi connectivity index (χ3v) is 5.13. The minimum atomic E-state index is 0.196. The summed E-state index contributed by atoms with van der Waals surface area (Å²) in [4.78, 5) is 13.0. The second kappa shape index (κ2) is 9.12. The van der Waals surface area contributed by atoms with Crippen molar-refractivity contribution in [2.75, 3.05) is 39.1 Å². The van der Waals surface area contributed by atoms with Crippen molar-refractivity contribution in [2.45, 2.75) is 32.5 Å². The van der Waals surface area contributed by atoms with Gasteiger partial charge < -0.3 is 15.6 Å². The molecule has 7 heteroatoms. The Balaban J connectivity index is 1.63. The van der Waals surface area contributed by atoms with Gasteiger partial charge in [0, 0.05) is 63.3 Å². The Morgan fingerprint density at radius 3 is 2.63 bits per heavy atom. The molecule has 1 aromatic carbocycles. The lowest BCUT2D eigenvalue weighted by Gasteiger charge is -2.41. The molecule has 0 aliphatic carbocycles. The zero-order valence-corrected chi connectivity index (χ0v) is 16.1. The highest BCUT2D eigenvalue weighted by molar-refractivity contribution is 5.36. The Morgan fingerprint density at radius 2 is 1.96 bits per heavy atom. The van der Waals surface area contributed by atoms with Crippen LogP contribution in [0, 0.1) is 6.92 Å². The molecule has 1 aliphatic heterocycles. The van der Waals surface area contributed by atoms with Crippen molar-refractivity contribution in [3.05, 3.63) is 47.3 Å². The molecule has 3 rings (SSSR count). The van der Waals surface area contributed by atoms with Gasteiger partial charge in [-0.25, -0.2) is 9.97 Å². The summed E-state index contributed by atoms with van der Waals surface area (Å²) in [5.74, 6) is 1.22. The summed E-state index contributed by atoms with van der Waals surface area (Å²) >= 11 is 0. The van der Waals surface area contributed by atoms with Crippen molar-refractivity contribution in [1.82, 2.24) is 19.8 Å². The first kappa shape index (κ1) is 19.5. The molecule has 0 unspecified atom stereocenters. The summed E-state index contributed by atoms with van der Waals surface area (Å²) in [7, 11) is 1.70. The monoisotopic (exact) mass is 371 g/mol. The van der Waals surface area contributed by atoms with E-state index in [1.807, 2.05) is 6.07 Å². The van der Waals surface area contributed by atoms with Gasteiger partial charge in [-0.15, -0.1) is 0 Å². The first-order valence-corrected chi connectivity index (χ1v) is 9.36. The first-order valence-electron chi connectivity index (χ1n) is 9.36. The minimum Gasteiger partial charge on any atom is -0.496 e. The number of benzene rings is 1. The van der Waals surface area contributed by atoms with Crippen LogP contribution in [0.1, 0.15) is 23.1 Å². The van der Waals surface area contributed by atoms with Crippen LogP contribution in [-0.2, 0) is 13.1 Å². The first-order chi connectivity index (χ1) is 13.1. The normalized spacial score (nSPS) is 18.6. The van der Waals surface area contributed by atoms with Crippen LogP contribution < -0.4 is 10.5 Å². The van der Waals surface area contributed by atoms with Crippen LogP contribution in [0.15, 0.2) is 30.6 Å². The summed E-state index contributed by atoms with van der Waals surface area (Å²) in [5.41, 5.74) is 9.05. The molecule has 0 saturated carbocycles. The molecule has 1 saturated heterocycles. The highest BCUT2D eigenvalue weighted by Gasteiger charge is 2.26. The number of nitrogens with two attached hydrogens (primary N) is 1. The van der Waals surface area contributed by atoms with Crippen LogP contribution in [0.5, 0.6) is 5.75 Å². The van der Waals surface area contributed by atoms with E-state index in [2.05, 4.69) is 38.8 Å². The van der Waals surface area contributed by atoms with Crippen LogP contribution in [-0.4, -0.2) is 64.3 Å². The largest absolute Gasteiger partial charge is 0.496 e. The zero-order valence-electron chi connectivity index (χ0n) is 16.1. The number of piperazine rings is 1. The zero-order chi connectivity index (χ0) is 19.2. The van der Waals surface area contributed by atoms with Crippen LogP contribution in [0.3, 0.4) is 0 Å². The van der Waals surface area contributed by atoms with Gasteiger partial charge in [0.2, 0.25) is 5.95 Å². The van der Waals surface area contributed by atoms with E-state index >= 15 is 0 Å². The minimum absolute atomic E-state index is 0.196. The van der Waals surface area contributed by atoms with Gasteiger partial charge in [-0.3, -0.25) is 9.80 Å². The molecule has 0 spiro atoms. The summed E-state index contributed by atoms with van der Waals surface area (Å²) in [6, 6.07) is 6.66. The van der Waals surface area contributed by atoms with Crippen molar-refractivity contribution in [1.29, 1.82) is 0 Å². The number of aromatic nitrogens is 2. The number of aliphatic hydroxyl groups is 1. The predicted octanol–water partition coefficient (Wildman–Crippen LogP) is 1.44. The Kier molecular flexibility index (Phi) is 6.60. The number of ether oxygens (including phenoxy) is 1. The van der Waals surface area contributed by atoms with E-state index in [-0.39, 0.29) is 6.61 Å². The van der Waals surface area contributed by atoms with E-state index in [0.29, 0.717) is 12.0 Å². The third-order valence-electron chi connectivity index (χ3n) is 5.13. The number of aryl methyl sites for hydroxylation is 1. The van der Waals surface area contributed by atoms with E-state index in [1.165, 1.54) is 5.56 Å². The van der Waals surface area contributed by atoms with Crippen molar-refractivity contribution >= 4 is 5.95 Å². The van der Waals surface area contributed by atoms with Crippen molar-refractivity contribution in [3.8, 4) is 5.75 Å². The average Bonchev–Trinajstić information content (AvgIpc) is 2.66. The van der Waals surface area contributed by atoms with Crippen LogP contribution in [0.25, 0.3) is 0 Å². The Hall–Kier alpha value is -2.22. The van der Waals surface area contributed by atoms with Crippen molar-refractivity contribution in [3.63, 3.8) is 0 Å². The molecule has 3 N–H and O–H groups in total. The molecule has 2 heterocycles. The summed E-state index contributed by atoms with van der Waals surface area (Å²) < 4.78 is 5.36. The second-order valence-electron chi connectivity index (χ2n) is 7.13. The molecule has 1 fully saturated rings. The van der Waals surface area contributed by atoms with Gasteiger partial charge in [-0.2, -0.15) is 0 Å². The Labute approximate surface area is 160 Å². The van der Waals surface area contributed by atoms with Crippen molar-refractivity contribution < 1.29 is 9.84 Å². The molecule has 2 aromatic rings. The van der Waals surface area contributed by atoms with Gasteiger partial charge in [0.15, 0.2) is 0 Å². The number of nitrogens with zero attached hydrogens (tertiary/aromatic N) is 4. The van der Waals surface area contributed by atoms with E-state index in [4.69, 9.17) is 10.5 Å². The fourth-order valence-electron chi connectivity index (χ4n) is 3.71. The van der Waals surface area contributed by atoms with E-state index < -0.39 is 0 Å². The summed E-state index contributed by atoms with van der Waals surface area (Å²) in [6.45, 7) is 6.81. The topological polar surface area (TPSA) is 87.7 Å². The molecular weight excluding hydrogens is 342 g/mol. The van der Waals surface area contributed by atoms with E-state index in [9.17, 15) is 5.11 Å². The Morgan fingerprint density at radius 1 is 1.19 bits per heavy atom. The molecule has 0 radical (unpaired) electrons. The highest BCUT2D eigenvalue weighted by atomic mass is 16.5. The molecule has 0 bridgehead atoms. The molecule has 146 valence electrons. The second-order valence-corrected chi connectivity index (χ2v) is 7.13. The van der Waals surface area contributed by atoms with E-state index in [0.717, 1.165) is 56.0 Å². The molecular formula is C20H29N5O2. The van der Waals surface area contributed by atoms with Crippen LogP contribution in [0.4, 0.5) is 5.95 Å². The molecule has 0 amide bonds. The van der Waals surface area contributed by atoms with Gasteiger partial charge in [-0.1, -0.05) is 12.1 Å².